The number of aliphatic carboxylic acids is 1. The van der Waals surface area contributed by atoms with Crippen molar-refractivity contribution < 1.29 is 21.8 Å². The molecule has 0 aromatic rings. The third-order valence-corrected chi connectivity index (χ3v) is 3.44. The summed E-state index contributed by atoms with van der Waals surface area (Å²) in [6.45, 7) is 0.988. The fourth-order valence-corrected chi connectivity index (χ4v) is 0.748. The third-order valence-electron chi connectivity index (χ3n) is 0.862. The van der Waals surface area contributed by atoms with Gasteiger partial charge in [0.05, 0.1) is 0 Å². The predicted molar refractivity (Wildman–Crippen MR) is 27.9 cm³/mol. The van der Waals surface area contributed by atoms with E-state index in [1.165, 1.54) is 0 Å². The molecule has 5 nitrogen and oxygen atoms in total. The molecule has 0 aromatic heterocycles. The van der Waals surface area contributed by atoms with E-state index < -0.39 is 24.8 Å². The van der Waals surface area contributed by atoms with E-state index in [1.807, 2.05) is 0 Å². The first-order valence-corrected chi connectivity index (χ1v) is 5.66. The van der Waals surface area contributed by atoms with E-state index >= 15 is 0 Å². The van der Waals surface area contributed by atoms with Crippen LogP contribution in [0.15, 0.2) is 0 Å². The van der Waals surface area contributed by atoms with Crippen molar-refractivity contribution in [3.8, 4) is 0 Å². The SMILES string of the molecule is CC(C(=O)O)[As](=O)(O)O. The van der Waals surface area contributed by atoms with Crippen LogP contribution in [0, 0.1) is 0 Å². The van der Waals surface area contributed by atoms with Crippen LogP contribution in [0.2, 0.25) is 4.71 Å². The van der Waals surface area contributed by atoms with Crippen LogP contribution in [0.4, 0.5) is 0 Å². The van der Waals surface area contributed by atoms with Crippen molar-refractivity contribution in [1.29, 1.82) is 0 Å². The summed E-state index contributed by atoms with van der Waals surface area (Å²) < 4.78 is 25.1. The first-order valence-electron chi connectivity index (χ1n) is 2.13. The minimum absolute atomic E-state index is 0.988. The molecule has 1 atom stereocenters. The summed E-state index contributed by atoms with van der Waals surface area (Å²) in [5.74, 6) is -1.46. The summed E-state index contributed by atoms with van der Waals surface area (Å²) >= 11 is -4.98. The molecule has 1 unspecified atom stereocenters. The first kappa shape index (κ1) is 8.75. The van der Waals surface area contributed by atoms with Crippen LogP contribution in [-0.4, -0.2) is 33.4 Å². The van der Waals surface area contributed by atoms with E-state index in [-0.39, 0.29) is 0 Å². The average molecular weight is 198 g/mol. The van der Waals surface area contributed by atoms with Gasteiger partial charge in [-0.3, -0.25) is 0 Å². The van der Waals surface area contributed by atoms with Gasteiger partial charge in [-0.25, -0.2) is 0 Å². The summed E-state index contributed by atoms with van der Waals surface area (Å²) in [5, 5.41) is 8.04. The fraction of sp³-hybridized carbons (Fsp3) is 0.667. The maximum absolute atomic E-state index is 10.1. The Labute approximate surface area is 54.3 Å². The Kier molecular flexibility index (Phi) is 2.49. The molecule has 0 radical (unpaired) electrons. The zero-order chi connectivity index (χ0) is 7.65. The van der Waals surface area contributed by atoms with Crippen molar-refractivity contribution in [2.24, 2.45) is 0 Å². The molecule has 6 heteroatoms. The summed E-state index contributed by atoms with van der Waals surface area (Å²) in [5.41, 5.74) is 0. The van der Waals surface area contributed by atoms with Gasteiger partial charge in [-0.15, -0.1) is 0 Å². The van der Waals surface area contributed by atoms with Crippen LogP contribution >= 0.6 is 0 Å². The van der Waals surface area contributed by atoms with Crippen LogP contribution in [-0.2, 0) is 8.53 Å². The van der Waals surface area contributed by atoms with E-state index in [1.54, 1.807) is 0 Å². The Morgan fingerprint density at radius 2 is 1.89 bits per heavy atom. The van der Waals surface area contributed by atoms with Crippen LogP contribution in [0.3, 0.4) is 0 Å². The molecule has 0 aliphatic rings. The number of rotatable bonds is 2. The molecule has 3 N–H and O–H groups in total. The molecule has 0 rings (SSSR count). The van der Waals surface area contributed by atoms with Gasteiger partial charge in [-0.1, -0.05) is 0 Å². The normalized spacial score (nSPS) is 15.0. The van der Waals surface area contributed by atoms with Gasteiger partial charge in [-0.2, -0.15) is 0 Å². The number of carboxylic acid groups (broad SMARTS) is 1. The van der Waals surface area contributed by atoms with Crippen molar-refractivity contribution >= 4 is 20.1 Å². The summed E-state index contributed by atoms with van der Waals surface area (Å²) in [6.07, 6.45) is 0. The van der Waals surface area contributed by atoms with Gasteiger partial charge in [0, 0.05) is 0 Å². The standard InChI is InChI=1S/C3H7AsO5/c1-2(3(5)6)4(7,8)9/h2H,1H3,(H,5,6)(H2,7,8,9). The van der Waals surface area contributed by atoms with E-state index in [9.17, 15) is 8.53 Å². The average Bonchev–Trinajstić information content (AvgIpc) is 1.62. The number of hydrogen-bond acceptors (Lipinski definition) is 2. The molecule has 9 heavy (non-hydrogen) atoms. The molecule has 0 aromatic carbocycles. The monoisotopic (exact) mass is 198 g/mol. The second-order valence-electron chi connectivity index (χ2n) is 1.60. The number of carbonyl (C=O) groups is 1. The molecular formula is C3H7AsO5. The van der Waals surface area contributed by atoms with Gasteiger partial charge in [0.25, 0.3) is 0 Å². The van der Waals surface area contributed by atoms with Crippen molar-refractivity contribution in [1.82, 2.24) is 0 Å². The summed E-state index contributed by atoms with van der Waals surface area (Å²) in [4.78, 5) is 9.87. The Bertz CT molecular complexity index is 158. The van der Waals surface area contributed by atoms with Crippen molar-refractivity contribution in [2.45, 2.75) is 11.6 Å². The Balaban J connectivity index is 4.23. The topological polar surface area (TPSA) is 94.8 Å². The van der Waals surface area contributed by atoms with Crippen LogP contribution in [0.5, 0.6) is 0 Å². The Hall–Kier alpha value is -0.252. The Morgan fingerprint density at radius 3 is 1.89 bits per heavy atom. The first-order chi connectivity index (χ1) is 3.85. The van der Waals surface area contributed by atoms with Gasteiger partial charge >= 0.3 is 53.6 Å². The van der Waals surface area contributed by atoms with E-state index in [4.69, 9.17) is 13.3 Å². The molecule has 0 bridgehead atoms. The van der Waals surface area contributed by atoms with Gasteiger partial charge in [0.2, 0.25) is 0 Å². The second kappa shape index (κ2) is 2.56. The molecular weight excluding hydrogens is 191 g/mol. The molecule has 0 spiro atoms. The second-order valence-corrected chi connectivity index (χ2v) is 5.70. The fourth-order valence-electron chi connectivity index (χ4n) is 0.144. The van der Waals surface area contributed by atoms with Crippen LogP contribution < -0.4 is 0 Å². The van der Waals surface area contributed by atoms with Crippen LogP contribution in [0.25, 0.3) is 0 Å². The van der Waals surface area contributed by atoms with Gasteiger partial charge in [0.15, 0.2) is 0 Å². The number of hydrogen-bond donors (Lipinski definition) is 3. The molecule has 0 aliphatic heterocycles. The zero-order valence-corrected chi connectivity index (χ0v) is 6.56. The quantitative estimate of drug-likeness (QED) is 0.485. The van der Waals surface area contributed by atoms with E-state index in [0.29, 0.717) is 0 Å². The van der Waals surface area contributed by atoms with E-state index in [2.05, 4.69) is 0 Å². The summed E-state index contributed by atoms with van der Waals surface area (Å²) in [6, 6.07) is 0. The van der Waals surface area contributed by atoms with Gasteiger partial charge in [0.1, 0.15) is 0 Å². The molecule has 0 amide bonds. The molecule has 0 saturated carbocycles. The minimum atomic E-state index is -4.98. The third kappa shape index (κ3) is 2.69. The predicted octanol–water partition coefficient (Wildman–Crippen LogP) is -1.18. The number of carboxylic acids is 1. The van der Waals surface area contributed by atoms with Crippen molar-refractivity contribution in [3.05, 3.63) is 0 Å². The van der Waals surface area contributed by atoms with Gasteiger partial charge in [-0.05, 0) is 0 Å². The molecule has 54 valence electrons. The van der Waals surface area contributed by atoms with Crippen molar-refractivity contribution in [3.63, 3.8) is 0 Å². The van der Waals surface area contributed by atoms with Crippen LogP contribution in [0.1, 0.15) is 6.92 Å². The molecule has 0 heterocycles. The maximum atomic E-state index is 10.1. The van der Waals surface area contributed by atoms with Gasteiger partial charge < -0.3 is 0 Å². The van der Waals surface area contributed by atoms with Crippen molar-refractivity contribution in [2.75, 3.05) is 0 Å². The molecule has 0 fully saturated rings. The Morgan fingerprint density at radius 1 is 1.56 bits per heavy atom. The molecule has 0 saturated heterocycles. The molecule has 0 aliphatic carbocycles. The zero-order valence-electron chi connectivity index (χ0n) is 4.68. The summed E-state index contributed by atoms with van der Waals surface area (Å²) in [7, 11) is 0. The van der Waals surface area contributed by atoms with E-state index in [0.717, 1.165) is 6.92 Å².